The monoisotopic (exact) mass is 367 g/mol. The van der Waals surface area contributed by atoms with E-state index in [4.69, 9.17) is 9.47 Å². The molecule has 0 N–H and O–H groups in total. The number of aryl methyl sites for hydroxylation is 1. The van der Waals surface area contributed by atoms with Crippen molar-refractivity contribution in [3.63, 3.8) is 0 Å². The van der Waals surface area contributed by atoms with Gasteiger partial charge in [0.1, 0.15) is 4.60 Å². The van der Waals surface area contributed by atoms with Crippen LogP contribution < -0.4 is 0 Å². The Morgan fingerprint density at radius 2 is 2.05 bits per heavy atom. The Labute approximate surface area is 139 Å². The summed E-state index contributed by atoms with van der Waals surface area (Å²) in [6, 6.07) is 10.2. The van der Waals surface area contributed by atoms with Gasteiger partial charge in [0, 0.05) is 13.2 Å². The highest BCUT2D eigenvalue weighted by atomic mass is 79.9. The van der Waals surface area contributed by atoms with Gasteiger partial charge in [-0.1, -0.05) is 30.3 Å². The molecule has 5 nitrogen and oxygen atoms in total. The lowest BCUT2D eigenvalue weighted by atomic mass is 10.2. The Balaban J connectivity index is 1.47. The maximum atomic E-state index is 5.80. The van der Waals surface area contributed by atoms with E-state index in [2.05, 4.69) is 45.2 Å². The fourth-order valence-electron chi connectivity index (χ4n) is 1.94. The molecule has 0 aliphatic carbocycles. The third kappa shape index (κ3) is 6.68. The van der Waals surface area contributed by atoms with Crippen molar-refractivity contribution in [2.45, 2.75) is 39.0 Å². The predicted molar refractivity (Wildman–Crippen MR) is 88.5 cm³/mol. The molecule has 2 aromatic rings. The Bertz CT molecular complexity index is 533. The van der Waals surface area contributed by atoms with Crippen LogP contribution in [0.5, 0.6) is 0 Å². The van der Waals surface area contributed by atoms with E-state index < -0.39 is 0 Å². The third-order valence-electron chi connectivity index (χ3n) is 3.20. The number of nitrogens with zero attached hydrogens (tertiary/aromatic N) is 3. The fraction of sp³-hybridized carbons (Fsp3) is 0.500. The molecule has 0 aliphatic heterocycles. The summed E-state index contributed by atoms with van der Waals surface area (Å²) in [5.74, 6) is 0. The average Bonchev–Trinajstić information content (AvgIpc) is 2.95. The van der Waals surface area contributed by atoms with Crippen molar-refractivity contribution in [3.05, 3.63) is 46.7 Å². The highest BCUT2D eigenvalue weighted by molar-refractivity contribution is 9.10. The molecule has 1 aromatic heterocycles. The molecule has 0 unspecified atom stereocenters. The topological polar surface area (TPSA) is 49.2 Å². The van der Waals surface area contributed by atoms with Crippen LogP contribution in [0.1, 0.15) is 25.3 Å². The van der Waals surface area contributed by atoms with Gasteiger partial charge in [0.15, 0.2) is 0 Å². The number of benzene rings is 1. The standard InChI is InChI=1S/C16H22BrN3O2/c1-14(22-13-15-6-3-2-4-7-15)8-11-21-10-5-9-20-18-12-16(17)19-20/h2-4,6-7,12,14H,5,8-11,13H2,1H3/t14-/m1/s1. The Hall–Kier alpha value is -1.24. The molecule has 0 amide bonds. The van der Waals surface area contributed by atoms with Crippen LogP contribution in [0.3, 0.4) is 0 Å². The Kier molecular flexibility index (Phi) is 7.56. The number of halogens is 1. The van der Waals surface area contributed by atoms with E-state index in [0.717, 1.165) is 24.0 Å². The van der Waals surface area contributed by atoms with Gasteiger partial charge >= 0.3 is 0 Å². The van der Waals surface area contributed by atoms with Crippen LogP contribution in [0.2, 0.25) is 0 Å². The van der Waals surface area contributed by atoms with Crippen LogP contribution in [0, 0.1) is 0 Å². The first kappa shape index (κ1) is 17.1. The van der Waals surface area contributed by atoms with Gasteiger partial charge in [-0.15, -0.1) is 5.10 Å². The van der Waals surface area contributed by atoms with Crippen LogP contribution >= 0.6 is 15.9 Å². The van der Waals surface area contributed by atoms with Crippen LogP contribution in [0.4, 0.5) is 0 Å². The van der Waals surface area contributed by atoms with E-state index in [1.165, 1.54) is 5.56 Å². The largest absolute Gasteiger partial charge is 0.381 e. The summed E-state index contributed by atoms with van der Waals surface area (Å²) < 4.78 is 12.2. The Morgan fingerprint density at radius 3 is 2.77 bits per heavy atom. The number of rotatable bonds is 10. The SMILES string of the molecule is C[C@H](CCOCCCn1ncc(Br)n1)OCc1ccccc1. The summed E-state index contributed by atoms with van der Waals surface area (Å²) in [7, 11) is 0. The zero-order chi connectivity index (χ0) is 15.6. The first-order valence-corrected chi connectivity index (χ1v) is 8.32. The maximum absolute atomic E-state index is 5.80. The minimum absolute atomic E-state index is 0.198. The molecular formula is C16H22BrN3O2. The third-order valence-corrected chi connectivity index (χ3v) is 3.56. The lowest BCUT2D eigenvalue weighted by Gasteiger charge is -2.13. The molecule has 1 aromatic carbocycles. The first-order valence-electron chi connectivity index (χ1n) is 7.53. The molecule has 0 bridgehead atoms. The molecule has 0 aliphatic rings. The summed E-state index contributed by atoms with van der Waals surface area (Å²) in [6.07, 6.45) is 3.69. The second kappa shape index (κ2) is 9.71. The summed E-state index contributed by atoms with van der Waals surface area (Å²) in [5.41, 5.74) is 1.20. The zero-order valence-electron chi connectivity index (χ0n) is 12.8. The second-order valence-electron chi connectivity index (χ2n) is 5.13. The lowest BCUT2D eigenvalue weighted by molar-refractivity contribution is 0.0212. The van der Waals surface area contributed by atoms with Crippen molar-refractivity contribution in [1.29, 1.82) is 0 Å². The van der Waals surface area contributed by atoms with Gasteiger partial charge in [-0.05, 0) is 41.3 Å². The van der Waals surface area contributed by atoms with Crippen LogP contribution in [0.15, 0.2) is 41.1 Å². The number of aromatic nitrogens is 3. The molecule has 6 heteroatoms. The van der Waals surface area contributed by atoms with Crippen LogP contribution in [-0.2, 0) is 22.6 Å². The molecule has 1 heterocycles. The van der Waals surface area contributed by atoms with Gasteiger partial charge in [-0.3, -0.25) is 0 Å². The molecule has 0 fully saturated rings. The minimum atomic E-state index is 0.198. The molecule has 22 heavy (non-hydrogen) atoms. The number of hydrogen-bond donors (Lipinski definition) is 0. The highest BCUT2D eigenvalue weighted by Gasteiger charge is 2.03. The normalized spacial score (nSPS) is 12.5. The van der Waals surface area contributed by atoms with Crippen LogP contribution in [0.25, 0.3) is 0 Å². The van der Waals surface area contributed by atoms with Crippen molar-refractivity contribution >= 4 is 15.9 Å². The van der Waals surface area contributed by atoms with Crippen molar-refractivity contribution in [1.82, 2.24) is 15.0 Å². The Morgan fingerprint density at radius 1 is 1.23 bits per heavy atom. The van der Waals surface area contributed by atoms with Crippen LogP contribution in [-0.4, -0.2) is 34.3 Å². The predicted octanol–water partition coefficient (Wildman–Crippen LogP) is 3.44. The molecule has 2 rings (SSSR count). The van der Waals surface area contributed by atoms with E-state index in [-0.39, 0.29) is 6.10 Å². The van der Waals surface area contributed by atoms with Crippen molar-refractivity contribution < 1.29 is 9.47 Å². The first-order chi connectivity index (χ1) is 10.7. The van der Waals surface area contributed by atoms with Gasteiger partial charge < -0.3 is 9.47 Å². The summed E-state index contributed by atoms with van der Waals surface area (Å²) in [6.45, 7) is 4.93. The van der Waals surface area contributed by atoms with E-state index in [1.54, 1.807) is 11.0 Å². The maximum Gasteiger partial charge on any atom is 0.148 e. The molecular weight excluding hydrogens is 346 g/mol. The summed E-state index contributed by atoms with van der Waals surface area (Å²) in [5, 5.41) is 8.25. The average molecular weight is 368 g/mol. The molecule has 0 saturated carbocycles. The van der Waals surface area contributed by atoms with E-state index in [0.29, 0.717) is 19.8 Å². The second-order valence-corrected chi connectivity index (χ2v) is 5.94. The minimum Gasteiger partial charge on any atom is -0.381 e. The summed E-state index contributed by atoms with van der Waals surface area (Å²) in [4.78, 5) is 1.67. The van der Waals surface area contributed by atoms with Gasteiger partial charge in [-0.2, -0.15) is 9.90 Å². The highest BCUT2D eigenvalue weighted by Crippen LogP contribution is 2.06. The van der Waals surface area contributed by atoms with Crippen molar-refractivity contribution in [3.8, 4) is 0 Å². The van der Waals surface area contributed by atoms with Crippen molar-refractivity contribution in [2.75, 3.05) is 13.2 Å². The molecule has 0 radical (unpaired) electrons. The molecule has 1 atom stereocenters. The zero-order valence-corrected chi connectivity index (χ0v) is 14.4. The number of ether oxygens (including phenoxy) is 2. The van der Waals surface area contributed by atoms with Gasteiger partial charge in [0.05, 0.1) is 25.5 Å². The number of hydrogen-bond acceptors (Lipinski definition) is 4. The van der Waals surface area contributed by atoms with E-state index in [1.807, 2.05) is 18.2 Å². The molecule has 0 saturated heterocycles. The van der Waals surface area contributed by atoms with Gasteiger partial charge in [0.2, 0.25) is 0 Å². The molecule has 120 valence electrons. The molecule has 0 spiro atoms. The van der Waals surface area contributed by atoms with Gasteiger partial charge in [0.25, 0.3) is 0 Å². The van der Waals surface area contributed by atoms with Crippen molar-refractivity contribution in [2.24, 2.45) is 0 Å². The quantitative estimate of drug-likeness (QED) is 0.603. The smallest absolute Gasteiger partial charge is 0.148 e. The summed E-state index contributed by atoms with van der Waals surface area (Å²) >= 11 is 3.27. The fourth-order valence-corrected chi connectivity index (χ4v) is 2.21. The lowest BCUT2D eigenvalue weighted by Crippen LogP contribution is -2.12. The van der Waals surface area contributed by atoms with E-state index in [9.17, 15) is 0 Å². The van der Waals surface area contributed by atoms with Gasteiger partial charge in [-0.25, -0.2) is 0 Å². The van der Waals surface area contributed by atoms with E-state index >= 15 is 0 Å².